The first-order valence-corrected chi connectivity index (χ1v) is 10.1. The number of amides is 1. The Morgan fingerprint density at radius 1 is 1.17 bits per heavy atom. The third-order valence-electron chi connectivity index (χ3n) is 4.54. The van der Waals surface area contributed by atoms with Crippen molar-refractivity contribution in [2.24, 2.45) is 0 Å². The van der Waals surface area contributed by atoms with E-state index in [-0.39, 0.29) is 11.8 Å². The van der Waals surface area contributed by atoms with Crippen molar-refractivity contribution in [1.29, 1.82) is 0 Å². The zero-order chi connectivity index (χ0) is 20.6. The minimum absolute atomic E-state index is 0.0399. The van der Waals surface area contributed by atoms with Crippen LogP contribution in [0, 0.1) is 6.92 Å². The molecule has 1 N–H and O–H groups in total. The molecule has 1 amide bonds. The number of aromatic nitrogens is 2. The molecule has 0 atom stereocenters. The monoisotopic (exact) mass is 409 g/mol. The first-order chi connectivity index (χ1) is 14.1. The summed E-state index contributed by atoms with van der Waals surface area (Å²) in [5.41, 5.74) is 4.22. The second kappa shape index (κ2) is 10.0. The maximum absolute atomic E-state index is 12.4. The van der Waals surface area contributed by atoms with Crippen LogP contribution in [0.4, 0.5) is 0 Å². The average Bonchev–Trinajstić information content (AvgIpc) is 3.23. The lowest BCUT2D eigenvalue weighted by molar-refractivity contribution is 0.0920. The van der Waals surface area contributed by atoms with Crippen LogP contribution in [0.5, 0.6) is 0 Å². The summed E-state index contributed by atoms with van der Waals surface area (Å²) in [5, 5.41) is 11.4. The van der Waals surface area contributed by atoms with E-state index < -0.39 is 0 Å². The number of aryl methyl sites for hydroxylation is 1. The number of allylic oxidation sites excluding steroid dienone is 1. The van der Waals surface area contributed by atoms with E-state index >= 15 is 0 Å². The van der Waals surface area contributed by atoms with Crippen LogP contribution in [-0.2, 0) is 0 Å². The standard InChI is InChI=1S/C23H24ClN3O2/c1-3-4-8-17(20-15-19(24)12-11-16(20)2)13-14-25-21(28)23-27-26-22(29-23)18-9-6-5-7-10-18/h5-12,15H,3-4,13-14H2,1-2H3,(H,25,28)/b17-8-. The topological polar surface area (TPSA) is 68.0 Å². The lowest BCUT2D eigenvalue weighted by atomic mass is 9.97. The highest BCUT2D eigenvalue weighted by Crippen LogP contribution is 2.26. The van der Waals surface area contributed by atoms with Crippen molar-refractivity contribution in [2.75, 3.05) is 6.54 Å². The Morgan fingerprint density at radius 2 is 1.97 bits per heavy atom. The highest BCUT2D eigenvalue weighted by atomic mass is 35.5. The largest absolute Gasteiger partial charge is 0.412 e. The Kier molecular flexibility index (Phi) is 7.19. The number of nitrogens with one attached hydrogen (secondary N) is 1. The SMILES string of the molecule is CCC/C=C(/CCNC(=O)c1nnc(-c2ccccc2)o1)c1cc(Cl)ccc1C. The first kappa shape index (κ1) is 20.8. The molecule has 0 aliphatic carbocycles. The molecule has 1 heterocycles. The molecule has 6 heteroatoms. The maximum Gasteiger partial charge on any atom is 0.308 e. The van der Waals surface area contributed by atoms with Crippen LogP contribution in [0.1, 0.15) is 48.0 Å². The van der Waals surface area contributed by atoms with Gasteiger partial charge in [0.15, 0.2) is 0 Å². The number of nitrogens with zero attached hydrogens (tertiary/aromatic N) is 2. The zero-order valence-corrected chi connectivity index (χ0v) is 17.4. The molecule has 0 saturated heterocycles. The quantitative estimate of drug-likeness (QED) is 0.518. The van der Waals surface area contributed by atoms with E-state index in [1.165, 1.54) is 5.57 Å². The van der Waals surface area contributed by atoms with E-state index in [9.17, 15) is 4.79 Å². The van der Waals surface area contributed by atoms with Gasteiger partial charge in [-0.25, -0.2) is 0 Å². The predicted octanol–water partition coefficient (Wildman–Crippen LogP) is 5.70. The van der Waals surface area contributed by atoms with Gasteiger partial charge in [0.1, 0.15) is 0 Å². The van der Waals surface area contributed by atoms with E-state index in [0.717, 1.165) is 29.5 Å². The number of benzene rings is 2. The van der Waals surface area contributed by atoms with Gasteiger partial charge >= 0.3 is 11.8 Å². The molecule has 0 aliphatic heterocycles. The van der Waals surface area contributed by atoms with Gasteiger partial charge in [0.05, 0.1) is 0 Å². The smallest absolute Gasteiger partial charge is 0.308 e. The van der Waals surface area contributed by atoms with Crippen molar-refractivity contribution in [3.8, 4) is 11.5 Å². The van der Waals surface area contributed by atoms with Crippen LogP contribution >= 0.6 is 11.6 Å². The van der Waals surface area contributed by atoms with Gasteiger partial charge in [-0.1, -0.05) is 55.3 Å². The lowest BCUT2D eigenvalue weighted by Crippen LogP contribution is -2.25. The van der Waals surface area contributed by atoms with Crippen molar-refractivity contribution in [3.63, 3.8) is 0 Å². The van der Waals surface area contributed by atoms with Gasteiger partial charge in [-0.15, -0.1) is 10.2 Å². The van der Waals surface area contributed by atoms with E-state index in [0.29, 0.717) is 23.9 Å². The summed E-state index contributed by atoms with van der Waals surface area (Å²) in [7, 11) is 0. The van der Waals surface area contributed by atoms with Crippen LogP contribution < -0.4 is 5.32 Å². The Balaban J connectivity index is 1.64. The number of halogens is 1. The van der Waals surface area contributed by atoms with Crippen LogP contribution in [0.2, 0.25) is 5.02 Å². The molecule has 3 aromatic rings. The van der Waals surface area contributed by atoms with E-state index in [2.05, 4.69) is 35.4 Å². The predicted molar refractivity (Wildman–Crippen MR) is 116 cm³/mol. The minimum Gasteiger partial charge on any atom is -0.412 e. The molecular formula is C23H24ClN3O2. The molecule has 1 aromatic heterocycles. The zero-order valence-electron chi connectivity index (χ0n) is 16.6. The van der Waals surface area contributed by atoms with Gasteiger partial charge in [-0.05, 0) is 60.7 Å². The summed E-state index contributed by atoms with van der Waals surface area (Å²) in [5.74, 6) is -0.0898. The highest BCUT2D eigenvalue weighted by Gasteiger charge is 2.16. The molecule has 0 aliphatic rings. The van der Waals surface area contributed by atoms with Crippen LogP contribution in [0.3, 0.4) is 0 Å². The fourth-order valence-electron chi connectivity index (χ4n) is 3.00. The normalized spacial score (nSPS) is 11.5. The second-order valence-electron chi connectivity index (χ2n) is 6.76. The molecule has 5 nitrogen and oxygen atoms in total. The molecule has 150 valence electrons. The molecule has 0 saturated carbocycles. The molecule has 0 fully saturated rings. The number of hydrogen-bond donors (Lipinski definition) is 1. The van der Waals surface area contributed by atoms with Gasteiger partial charge < -0.3 is 9.73 Å². The summed E-state index contributed by atoms with van der Waals surface area (Å²) >= 11 is 6.19. The van der Waals surface area contributed by atoms with Crippen LogP contribution in [-0.4, -0.2) is 22.6 Å². The number of unbranched alkanes of at least 4 members (excludes halogenated alkanes) is 1. The third-order valence-corrected chi connectivity index (χ3v) is 4.78. The van der Waals surface area contributed by atoms with Crippen molar-refractivity contribution < 1.29 is 9.21 Å². The maximum atomic E-state index is 12.4. The van der Waals surface area contributed by atoms with Gasteiger partial charge in [0.2, 0.25) is 5.89 Å². The van der Waals surface area contributed by atoms with Crippen molar-refractivity contribution in [2.45, 2.75) is 33.1 Å². The number of carbonyl (C=O) groups is 1. The van der Waals surface area contributed by atoms with Crippen LogP contribution in [0.25, 0.3) is 17.0 Å². The number of rotatable bonds is 8. The van der Waals surface area contributed by atoms with E-state index in [1.807, 2.05) is 48.5 Å². The van der Waals surface area contributed by atoms with Gasteiger partial charge in [-0.3, -0.25) is 4.79 Å². The highest BCUT2D eigenvalue weighted by molar-refractivity contribution is 6.30. The molecule has 2 aromatic carbocycles. The van der Waals surface area contributed by atoms with E-state index in [4.69, 9.17) is 16.0 Å². The Morgan fingerprint density at radius 3 is 2.72 bits per heavy atom. The van der Waals surface area contributed by atoms with Crippen LogP contribution in [0.15, 0.2) is 59.0 Å². The summed E-state index contributed by atoms with van der Waals surface area (Å²) in [6.07, 6.45) is 4.93. The Bertz CT molecular complexity index is 996. The first-order valence-electron chi connectivity index (χ1n) is 9.71. The van der Waals surface area contributed by atoms with Crippen molar-refractivity contribution in [1.82, 2.24) is 15.5 Å². The van der Waals surface area contributed by atoms with Crippen molar-refractivity contribution in [3.05, 3.63) is 76.6 Å². The molecular weight excluding hydrogens is 386 g/mol. The summed E-state index contributed by atoms with van der Waals surface area (Å²) in [6, 6.07) is 15.2. The fourth-order valence-corrected chi connectivity index (χ4v) is 3.18. The number of hydrogen-bond acceptors (Lipinski definition) is 4. The van der Waals surface area contributed by atoms with Gasteiger partial charge in [0, 0.05) is 17.1 Å². The fraction of sp³-hybridized carbons (Fsp3) is 0.261. The number of carbonyl (C=O) groups excluding carboxylic acids is 1. The Hall–Kier alpha value is -2.92. The molecule has 0 unspecified atom stereocenters. The Labute approximate surface area is 175 Å². The second-order valence-corrected chi connectivity index (χ2v) is 7.20. The molecule has 0 spiro atoms. The van der Waals surface area contributed by atoms with Crippen molar-refractivity contribution >= 4 is 23.1 Å². The molecule has 0 bridgehead atoms. The summed E-state index contributed by atoms with van der Waals surface area (Å²) in [4.78, 5) is 12.4. The third kappa shape index (κ3) is 5.55. The lowest BCUT2D eigenvalue weighted by Gasteiger charge is -2.12. The average molecular weight is 410 g/mol. The summed E-state index contributed by atoms with van der Waals surface area (Å²) in [6.45, 7) is 4.66. The summed E-state index contributed by atoms with van der Waals surface area (Å²) < 4.78 is 5.51. The molecule has 3 rings (SSSR count). The molecule has 0 radical (unpaired) electrons. The van der Waals surface area contributed by atoms with Gasteiger partial charge in [0.25, 0.3) is 0 Å². The minimum atomic E-state index is -0.377. The van der Waals surface area contributed by atoms with E-state index in [1.54, 1.807) is 0 Å². The van der Waals surface area contributed by atoms with Gasteiger partial charge in [-0.2, -0.15) is 0 Å². The molecule has 29 heavy (non-hydrogen) atoms.